The second-order valence-corrected chi connectivity index (χ2v) is 6.62. The van der Waals surface area contributed by atoms with Crippen LogP contribution in [0.1, 0.15) is 24.5 Å². The van der Waals surface area contributed by atoms with E-state index in [4.69, 9.17) is 4.74 Å². The number of nitrogens with zero attached hydrogens (tertiary/aromatic N) is 1. The molecule has 0 bridgehead atoms. The van der Waals surface area contributed by atoms with Gasteiger partial charge in [-0.05, 0) is 30.2 Å². The topological polar surface area (TPSA) is 29.5 Å². The molecular weight excluding hydrogens is 317 g/mol. The first-order valence-electron chi connectivity index (χ1n) is 8.59. The van der Waals surface area contributed by atoms with E-state index in [9.17, 15) is 9.18 Å². The minimum atomic E-state index is -0.969. The molecule has 2 heterocycles. The molecule has 0 N–H and O–H groups in total. The van der Waals surface area contributed by atoms with Gasteiger partial charge in [0.15, 0.2) is 5.60 Å². The summed E-state index contributed by atoms with van der Waals surface area (Å²) in [7, 11) is 0. The maximum absolute atomic E-state index is 13.5. The molecule has 1 spiro atoms. The third-order valence-electron chi connectivity index (χ3n) is 5.09. The molecule has 2 aliphatic rings. The lowest BCUT2D eigenvalue weighted by atomic mass is 9.83. The van der Waals surface area contributed by atoms with Gasteiger partial charge in [0, 0.05) is 11.5 Å². The molecule has 0 aliphatic carbocycles. The summed E-state index contributed by atoms with van der Waals surface area (Å²) >= 11 is 0. The Morgan fingerprint density at radius 2 is 1.96 bits per heavy atom. The number of carbonyl (C=O) groups is 1. The summed E-state index contributed by atoms with van der Waals surface area (Å²) in [6, 6.07) is 14.1. The molecule has 2 aliphatic heterocycles. The first-order chi connectivity index (χ1) is 12.1. The fraction of sp³-hybridized carbons (Fsp3) is 0.286. The smallest absolute Gasteiger partial charge is 0.264 e. The molecule has 2 aromatic carbocycles. The van der Waals surface area contributed by atoms with E-state index in [1.54, 1.807) is 17.0 Å². The van der Waals surface area contributed by atoms with Gasteiger partial charge in [0.2, 0.25) is 0 Å². The first-order valence-corrected chi connectivity index (χ1v) is 8.59. The Morgan fingerprint density at radius 3 is 2.76 bits per heavy atom. The molecule has 1 amide bonds. The van der Waals surface area contributed by atoms with E-state index < -0.39 is 5.60 Å². The number of amides is 1. The summed E-state index contributed by atoms with van der Waals surface area (Å²) in [6.45, 7) is 2.95. The predicted octanol–water partition coefficient (Wildman–Crippen LogP) is 4.18. The van der Waals surface area contributed by atoms with E-state index >= 15 is 0 Å². The van der Waals surface area contributed by atoms with Crippen LogP contribution in [-0.4, -0.2) is 12.5 Å². The van der Waals surface area contributed by atoms with E-state index in [-0.39, 0.29) is 17.6 Å². The second kappa shape index (κ2) is 6.12. The van der Waals surface area contributed by atoms with E-state index in [1.165, 1.54) is 12.1 Å². The van der Waals surface area contributed by atoms with Crippen molar-refractivity contribution >= 4 is 11.6 Å². The Labute approximate surface area is 146 Å². The highest BCUT2D eigenvalue weighted by Crippen LogP contribution is 2.48. The predicted molar refractivity (Wildman–Crippen MR) is 94.6 cm³/mol. The number of para-hydroxylation sites is 1. The van der Waals surface area contributed by atoms with Crippen LogP contribution in [0.3, 0.4) is 0 Å². The number of benzene rings is 2. The van der Waals surface area contributed by atoms with Gasteiger partial charge in [-0.1, -0.05) is 49.4 Å². The minimum absolute atomic E-state index is 0.0444. The van der Waals surface area contributed by atoms with Crippen LogP contribution in [0, 0.1) is 11.7 Å². The average Bonchev–Trinajstić information content (AvgIpc) is 2.74. The van der Waals surface area contributed by atoms with Crippen LogP contribution in [-0.2, 0) is 21.7 Å². The van der Waals surface area contributed by atoms with Gasteiger partial charge < -0.3 is 9.64 Å². The Hall–Kier alpha value is -2.46. The van der Waals surface area contributed by atoms with Crippen LogP contribution in [0.4, 0.5) is 10.1 Å². The Kier molecular flexibility index (Phi) is 3.92. The summed E-state index contributed by atoms with van der Waals surface area (Å²) in [5, 5.41) is 0. The van der Waals surface area contributed by atoms with Crippen LogP contribution in [0.15, 0.2) is 60.7 Å². The van der Waals surface area contributed by atoms with Crippen molar-refractivity contribution < 1.29 is 13.9 Å². The van der Waals surface area contributed by atoms with Crippen molar-refractivity contribution in [2.45, 2.75) is 25.5 Å². The normalized spacial score (nSPS) is 25.3. The highest BCUT2D eigenvalue weighted by Gasteiger charge is 2.55. The fourth-order valence-electron chi connectivity index (χ4n) is 3.81. The maximum Gasteiger partial charge on any atom is 0.264 e. The number of halogens is 1. The average molecular weight is 337 g/mol. The van der Waals surface area contributed by atoms with Crippen molar-refractivity contribution in [3.05, 3.63) is 77.6 Å². The molecule has 25 heavy (non-hydrogen) atoms. The third kappa shape index (κ3) is 2.48. The molecule has 0 radical (unpaired) electrons. The molecule has 0 saturated carbocycles. The van der Waals surface area contributed by atoms with Crippen molar-refractivity contribution in [2.24, 2.45) is 5.92 Å². The van der Waals surface area contributed by atoms with E-state index in [0.29, 0.717) is 13.2 Å². The largest absolute Gasteiger partial charge is 0.359 e. The van der Waals surface area contributed by atoms with Gasteiger partial charge in [-0.25, -0.2) is 4.39 Å². The zero-order chi connectivity index (χ0) is 17.4. The van der Waals surface area contributed by atoms with Crippen LogP contribution in [0.2, 0.25) is 0 Å². The summed E-state index contributed by atoms with van der Waals surface area (Å²) in [4.78, 5) is 15.2. The van der Waals surface area contributed by atoms with Crippen molar-refractivity contribution in [3.63, 3.8) is 0 Å². The summed E-state index contributed by atoms with van der Waals surface area (Å²) < 4.78 is 19.4. The number of anilines is 1. The van der Waals surface area contributed by atoms with Gasteiger partial charge in [-0.15, -0.1) is 0 Å². The SMILES string of the molecule is C[C@@H]1C=CCCO[C@]12C(=O)N(Cc1ccc(F)cc1)c1ccccc12. The minimum Gasteiger partial charge on any atom is -0.359 e. The number of hydrogen-bond donors (Lipinski definition) is 0. The molecule has 2 atom stereocenters. The molecule has 4 rings (SSSR count). The van der Waals surface area contributed by atoms with Crippen molar-refractivity contribution in [1.29, 1.82) is 0 Å². The quantitative estimate of drug-likeness (QED) is 0.770. The number of rotatable bonds is 2. The van der Waals surface area contributed by atoms with Gasteiger partial charge in [-0.3, -0.25) is 4.79 Å². The van der Waals surface area contributed by atoms with E-state index in [1.807, 2.05) is 31.2 Å². The molecule has 0 aromatic heterocycles. The highest BCUT2D eigenvalue weighted by atomic mass is 19.1. The number of carbonyl (C=O) groups excluding carboxylic acids is 1. The van der Waals surface area contributed by atoms with Crippen molar-refractivity contribution in [1.82, 2.24) is 0 Å². The molecule has 0 fully saturated rings. The van der Waals surface area contributed by atoms with Gasteiger partial charge in [0.25, 0.3) is 5.91 Å². The monoisotopic (exact) mass is 337 g/mol. The Balaban J connectivity index is 1.78. The van der Waals surface area contributed by atoms with Crippen LogP contribution in [0.5, 0.6) is 0 Å². The molecule has 3 nitrogen and oxygen atoms in total. The molecule has 4 heteroatoms. The van der Waals surface area contributed by atoms with E-state index in [0.717, 1.165) is 23.2 Å². The number of ether oxygens (including phenoxy) is 1. The van der Waals surface area contributed by atoms with Gasteiger partial charge in [0.1, 0.15) is 5.82 Å². The van der Waals surface area contributed by atoms with Gasteiger partial charge in [-0.2, -0.15) is 0 Å². The highest BCUT2D eigenvalue weighted by molar-refractivity contribution is 6.07. The lowest BCUT2D eigenvalue weighted by Crippen LogP contribution is -2.46. The zero-order valence-electron chi connectivity index (χ0n) is 14.1. The van der Waals surface area contributed by atoms with Gasteiger partial charge in [0.05, 0.1) is 18.8 Å². The lowest BCUT2D eigenvalue weighted by Gasteiger charge is -2.32. The Morgan fingerprint density at radius 1 is 1.20 bits per heavy atom. The fourth-order valence-corrected chi connectivity index (χ4v) is 3.81. The number of fused-ring (bicyclic) bond motifs is 2. The van der Waals surface area contributed by atoms with Crippen molar-refractivity contribution in [3.8, 4) is 0 Å². The summed E-state index contributed by atoms with van der Waals surface area (Å²) in [5.41, 5.74) is 1.71. The maximum atomic E-state index is 13.5. The third-order valence-corrected chi connectivity index (χ3v) is 5.09. The molecule has 2 aromatic rings. The van der Waals surface area contributed by atoms with Crippen molar-refractivity contribution in [2.75, 3.05) is 11.5 Å². The number of hydrogen-bond acceptors (Lipinski definition) is 2. The first kappa shape index (κ1) is 16.0. The lowest BCUT2D eigenvalue weighted by molar-refractivity contribution is -0.148. The van der Waals surface area contributed by atoms with Crippen LogP contribution < -0.4 is 4.90 Å². The van der Waals surface area contributed by atoms with Gasteiger partial charge >= 0.3 is 0 Å². The standard InChI is InChI=1S/C21H20FNO2/c1-15-6-4-5-13-25-21(15)18-7-2-3-8-19(18)23(20(21)24)14-16-9-11-17(22)12-10-16/h2-4,6-12,15H,5,13-14H2,1H3/t15-,21-/m1/s1. The summed E-state index contributed by atoms with van der Waals surface area (Å²) in [5.74, 6) is -0.377. The Bertz CT molecular complexity index is 830. The second-order valence-electron chi connectivity index (χ2n) is 6.62. The zero-order valence-corrected chi connectivity index (χ0v) is 14.1. The van der Waals surface area contributed by atoms with Crippen LogP contribution >= 0.6 is 0 Å². The molecule has 0 unspecified atom stereocenters. The summed E-state index contributed by atoms with van der Waals surface area (Å²) in [6.07, 6.45) is 4.96. The molecule has 128 valence electrons. The molecule has 0 saturated heterocycles. The van der Waals surface area contributed by atoms with Crippen LogP contribution in [0.25, 0.3) is 0 Å². The molecular formula is C21H20FNO2. The van der Waals surface area contributed by atoms with E-state index in [2.05, 4.69) is 12.2 Å².